The number of anilines is 2. The van der Waals surface area contributed by atoms with Crippen molar-refractivity contribution in [1.82, 2.24) is 9.97 Å². The average Bonchev–Trinajstić information content (AvgIpc) is 2.65. The SMILES string of the molecule is CC(C)c1nc(N[C@@H](CO)C(C)C)cc(N2Cc3ccccc3C[C@H]2C)n1. The number of rotatable bonds is 6. The van der Waals surface area contributed by atoms with E-state index >= 15 is 0 Å². The number of hydrogen-bond donors (Lipinski definition) is 2. The summed E-state index contributed by atoms with van der Waals surface area (Å²) in [7, 11) is 0. The van der Waals surface area contributed by atoms with Crippen LogP contribution < -0.4 is 10.2 Å². The monoisotopic (exact) mass is 368 g/mol. The minimum atomic E-state index is -0.0210. The molecule has 3 rings (SSSR count). The topological polar surface area (TPSA) is 61.3 Å². The summed E-state index contributed by atoms with van der Waals surface area (Å²) in [6.07, 6.45) is 1.02. The molecule has 2 atom stereocenters. The molecule has 0 spiro atoms. The Morgan fingerprint density at radius 3 is 2.48 bits per heavy atom. The first-order valence-electron chi connectivity index (χ1n) is 9.98. The fraction of sp³-hybridized carbons (Fsp3) is 0.545. The molecule has 0 saturated carbocycles. The molecule has 5 heteroatoms. The van der Waals surface area contributed by atoms with Crippen molar-refractivity contribution in [2.24, 2.45) is 5.92 Å². The van der Waals surface area contributed by atoms with E-state index in [2.05, 4.69) is 69.1 Å². The molecule has 5 nitrogen and oxygen atoms in total. The van der Waals surface area contributed by atoms with Gasteiger partial charge in [-0.1, -0.05) is 52.0 Å². The molecule has 0 saturated heterocycles. The maximum atomic E-state index is 9.69. The van der Waals surface area contributed by atoms with Crippen LogP contribution in [0.2, 0.25) is 0 Å². The molecule has 27 heavy (non-hydrogen) atoms. The van der Waals surface area contributed by atoms with E-state index < -0.39 is 0 Å². The van der Waals surface area contributed by atoms with Crippen molar-refractivity contribution in [2.45, 2.75) is 65.6 Å². The van der Waals surface area contributed by atoms with Crippen molar-refractivity contribution in [3.8, 4) is 0 Å². The van der Waals surface area contributed by atoms with Gasteiger partial charge in [-0.15, -0.1) is 0 Å². The molecule has 1 aliphatic rings. The van der Waals surface area contributed by atoms with Gasteiger partial charge in [0, 0.05) is 24.6 Å². The molecule has 2 N–H and O–H groups in total. The van der Waals surface area contributed by atoms with Crippen molar-refractivity contribution in [2.75, 3.05) is 16.8 Å². The zero-order valence-electron chi connectivity index (χ0n) is 17.1. The van der Waals surface area contributed by atoms with Gasteiger partial charge in [0.05, 0.1) is 12.6 Å². The molecule has 1 aliphatic heterocycles. The molecular formula is C22H32N4O. The number of fused-ring (bicyclic) bond motifs is 1. The number of nitrogens with one attached hydrogen (secondary N) is 1. The van der Waals surface area contributed by atoms with Crippen molar-refractivity contribution < 1.29 is 5.11 Å². The molecule has 2 aromatic rings. The second-order valence-corrected chi connectivity index (χ2v) is 8.25. The quantitative estimate of drug-likeness (QED) is 0.807. The Bertz CT molecular complexity index is 775. The lowest BCUT2D eigenvalue weighted by Crippen LogP contribution is -2.39. The van der Waals surface area contributed by atoms with Gasteiger partial charge in [0.25, 0.3) is 0 Å². The van der Waals surface area contributed by atoms with E-state index in [1.165, 1.54) is 11.1 Å². The second kappa shape index (κ2) is 8.26. The molecule has 0 fully saturated rings. The Kier molecular flexibility index (Phi) is 6.00. The highest BCUT2D eigenvalue weighted by atomic mass is 16.3. The van der Waals surface area contributed by atoms with Crippen molar-refractivity contribution in [3.63, 3.8) is 0 Å². The number of aromatic nitrogens is 2. The number of hydrogen-bond acceptors (Lipinski definition) is 5. The van der Waals surface area contributed by atoms with Crippen LogP contribution in [-0.4, -0.2) is 33.8 Å². The molecule has 0 amide bonds. The van der Waals surface area contributed by atoms with Crippen LogP contribution in [-0.2, 0) is 13.0 Å². The Balaban J connectivity index is 1.95. The Morgan fingerprint density at radius 1 is 1.15 bits per heavy atom. The third-order valence-corrected chi connectivity index (χ3v) is 5.38. The highest BCUT2D eigenvalue weighted by molar-refractivity contribution is 5.53. The lowest BCUT2D eigenvalue weighted by atomic mass is 9.95. The van der Waals surface area contributed by atoms with Crippen molar-refractivity contribution in [3.05, 3.63) is 47.3 Å². The number of aliphatic hydroxyl groups is 1. The summed E-state index contributed by atoms with van der Waals surface area (Å²) in [4.78, 5) is 11.9. The van der Waals surface area contributed by atoms with E-state index in [-0.39, 0.29) is 18.6 Å². The van der Waals surface area contributed by atoms with Crippen LogP contribution in [0.5, 0.6) is 0 Å². The minimum absolute atomic E-state index is 0.0210. The van der Waals surface area contributed by atoms with Crippen LogP contribution in [0.15, 0.2) is 30.3 Å². The van der Waals surface area contributed by atoms with Gasteiger partial charge in [-0.25, -0.2) is 9.97 Å². The third-order valence-electron chi connectivity index (χ3n) is 5.38. The van der Waals surface area contributed by atoms with Gasteiger partial charge < -0.3 is 15.3 Å². The van der Waals surface area contributed by atoms with E-state index in [1.54, 1.807) is 0 Å². The predicted molar refractivity (Wildman–Crippen MR) is 111 cm³/mol. The van der Waals surface area contributed by atoms with Crippen LogP contribution in [0, 0.1) is 5.92 Å². The average molecular weight is 369 g/mol. The van der Waals surface area contributed by atoms with E-state index in [0.717, 1.165) is 30.4 Å². The van der Waals surface area contributed by atoms with Gasteiger partial charge >= 0.3 is 0 Å². The largest absolute Gasteiger partial charge is 0.394 e. The van der Waals surface area contributed by atoms with Gasteiger partial charge in [0.2, 0.25) is 0 Å². The van der Waals surface area contributed by atoms with Crippen molar-refractivity contribution >= 4 is 11.6 Å². The predicted octanol–water partition coefficient (Wildman–Crippen LogP) is 3.98. The van der Waals surface area contributed by atoms with Crippen LogP contribution in [0.3, 0.4) is 0 Å². The number of nitrogens with zero attached hydrogens (tertiary/aromatic N) is 3. The Morgan fingerprint density at radius 2 is 1.85 bits per heavy atom. The summed E-state index contributed by atoms with van der Waals surface area (Å²) in [5, 5.41) is 13.1. The third kappa shape index (κ3) is 4.41. The molecule has 2 heterocycles. The molecular weight excluding hydrogens is 336 g/mol. The van der Waals surface area contributed by atoms with Gasteiger partial charge in [0.1, 0.15) is 17.5 Å². The highest BCUT2D eigenvalue weighted by Gasteiger charge is 2.25. The first kappa shape index (κ1) is 19.6. The summed E-state index contributed by atoms with van der Waals surface area (Å²) < 4.78 is 0. The molecule has 146 valence electrons. The first-order valence-corrected chi connectivity index (χ1v) is 9.98. The Hall–Kier alpha value is -2.14. The van der Waals surface area contributed by atoms with Crippen LogP contribution in [0.25, 0.3) is 0 Å². The molecule has 0 unspecified atom stereocenters. The fourth-order valence-corrected chi connectivity index (χ4v) is 3.53. The smallest absolute Gasteiger partial charge is 0.135 e. The zero-order chi connectivity index (χ0) is 19.6. The molecule has 0 radical (unpaired) electrons. The summed E-state index contributed by atoms with van der Waals surface area (Å²) in [6.45, 7) is 11.6. The van der Waals surface area contributed by atoms with Crippen LogP contribution in [0.1, 0.15) is 57.5 Å². The summed E-state index contributed by atoms with van der Waals surface area (Å²) in [5.74, 6) is 3.14. The summed E-state index contributed by atoms with van der Waals surface area (Å²) in [5.41, 5.74) is 2.79. The van der Waals surface area contributed by atoms with Gasteiger partial charge in [-0.05, 0) is 30.4 Å². The summed E-state index contributed by atoms with van der Waals surface area (Å²) in [6, 6.07) is 11.0. The van der Waals surface area contributed by atoms with E-state index in [4.69, 9.17) is 9.97 Å². The van der Waals surface area contributed by atoms with E-state index in [0.29, 0.717) is 12.0 Å². The van der Waals surface area contributed by atoms with Crippen LogP contribution in [0.4, 0.5) is 11.6 Å². The second-order valence-electron chi connectivity index (χ2n) is 8.25. The minimum Gasteiger partial charge on any atom is -0.394 e. The molecule has 0 bridgehead atoms. The number of aliphatic hydroxyl groups excluding tert-OH is 1. The maximum absolute atomic E-state index is 9.69. The molecule has 1 aromatic heterocycles. The maximum Gasteiger partial charge on any atom is 0.135 e. The highest BCUT2D eigenvalue weighted by Crippen LogP contribution is 2.29. The molecule has 1 aromatic carbocycles. The lowest BCUT2D eigenvalue weighted by Gasteiger charge is -2.36. The lowest BCUT2D eigenvalue weighted by molar-refractivity contribution is 0.249. The number of benzene rings is 1. The molecule has 0 aliphatic carbocycles. The van der Waals surface area contributed by atoms with Gasteiger partial charge in [0.15, 0.2) is 0 Å². The standard InChI is InChI=1S/C22H32N4O/c1-14(2)19(13-27)23-20-11-21(25-22(24-20)15(3)4)26-12-18-9-7-6-8-17(18)10-16(26)5/h6-9,11,14-16,19,27H,10,12-13H2,1-5H3,(H,23,24,25)/t16-,19+/m1/s1. The zero-order valence-corrected chi connectivity index (χ0v) is 17.1. The van der Waals surface area contributed by atoms with Gasteiger partial charge in [-0.2, -0.15) is 0 Å². The van der Waals surface area contributed by atoms with Crippen molar-refractivity contribution in [1.29, 1.82) is 0 Å². The Labute approximate surface area is 162 Å². The first-order chi connectivity index (χ1) is 12.9. The normalized spacial score (nSPS) is 17.9. The van der Waals surface area contributed by atoms with E-state index in [9.17, 15) is 5.11 Å². The van der Waals surface area contributed by atoms with Gasteiger partial charge in [-0.3, -0.25) is 0 Å². The van der Waals surface area contributed by atoms with Crippen LogP contribution >= 0.6 is 0 Å². The van der Waals surface area contributed by atoms with E-state index in [1.807, 2.05) is 6.07 Å². The fourth-order valence-electron chi connectivity index (χ4n) is 3.53. The summed E-state index contributed by atoms with van der Waals surface area (Å²) >= 11 is 0.